The van der Waals surface area contributed by atoms with Gasteiger partial charge in [-0.1, -0.05) is 0 Å². The van der Waals surface area contributed by atoms with E-state index in [0.29, 0.717) is 19.6 Å². The van der Waals surface area contributed by atoms with Crippen LogP contribution in [0.25, 0.3) is 0 Å². The van der Waals surface area contributed by atoms with Crippen LogP contribution in [-0.2, 0) is 14.6 Å². The highest BCUT2D eigenvalue weighted by Crippen LogP contribution is 2.25. The van der Waals surface area contributed by atoms with Gasteiger partial charge in [0.05, 0.1) is 18.1 Å². The maximum absolute atomic E-state index is 11.4. The SMILES string of the molecule is CS(=O)(=O)c1ccc(O[C@@H]2CCOC2)c(C(=O)O)c1. The fourth-order valence-electron chi connectivity index (χ4n) is 1.80. The highest BCUT2D eigenvalue weighted by molar-refractivity contribution is 7.90. The molecule has 0 saturated carbocycles. The molecular weight excluding hydrogens is 272 g/mol. The van der Waals surface area contributed by atoms with Gasteiger partial charge in [0.25, 0.3) is 0 Å². The number of benzene rings is 1. The Labute approximate surface area is 110 Å². The van der Waals surface area contributed by atoms with Crippen molar-refractivity contribution in [2.24, 2.45) is 0 Å². The molecule has 0 spiro atoms. The van der Waals surface area contributed by atoms with Crippen LogP contribution in [0.15, 0.2) is 23.1 Å². The average molecular weight is 286 g/mol. The largest absolute Gasteiger partial charge is 0.487 e. The van der Waals surface area contributed by atoms with Gasteiger partial charge in [-0.2, -0.15) is 0 Å². The van der Waals surface area contributed by atoms with E-state index in [9.17, 15) is 13.2 Å². The lowest BCUT2D eigenvalue weighted by Gasteiger charge is -2.14. The van der Waals surface area contributed by atoms with Gasteiger partial charge in [0.15, 0.2) is 9.84 Å². The Morgan fingerprint density at radius 1 is 1.47 bits per heavy atom. The van der Waals surface area contributed by atoms with Crippen LogP contribution >= 0.6 is 0 Å². The number of hydrogen-bond donors (Lipinski definition) is 1. The maximum atomic E-state index is 11.4. The molecule has 0 unspecified atom stereocenters. The van der Waals surface area contributed by atoms with E-state index in [1.165, 1.54) is 12.1 Å². The van der Waals surface area contributed by atoms with E-state index in [2.05, 4.69) is 0 Å². The smallest absolute Gasteiger partial charge is 0.339 e. The van der Waals surface area contributed by atoms with E-state index in [1.54, 1.807) is 0 Å². The third kappa shape index (κ3) is 3.24. The Morgan fingerprint density at radius 3 is 2.74 bits per heavy atom. The summed E-state index contributed by atoms with van der Waals surface area (Å²) >= 11 is 0. The molecule has 2 rings (SSSR count). The maximum Gasteiger partial charge on any atom is 0.339 e. The molecule has 7 heteroatoms. The second-order valence-electron chi connectivity index (χ2n) is 4.34. The molecule has 0 bridgehead atoms. The van der Waals surface area contributed by atoms with E-state index in [-0.39, 0.29) is 22.3 Å². The van der Waals surface area contributed by atoms with Crippen molar-refractivity contribution in [3.63, 3.8) is 0 Å². The molecule has 1 saturated heterocycles. The number of carboxylic acids is 1. The Kier molecular flexibility index (Phi) is 3.77. The Bertz CT molecular complexity index is 586. The normalized spacial score (nSPS) is 19.3. The molecule has 1 aliphatic heterocycles. The zero-order valence-electron chi connectivity index (χ0n) is 10.3. The van der Waals surface area contributed by atoms with Crippen LogP contribution in [-0.4, -0.2) is 45.1 Å². The van der Waals surface area contributed by atoms with E-state index in [4.69, 9.17) is 14.6 Å². The van der Waals surface area contributed by atoms with Crippen molar-refractivity contribution in [3.05, 3.63) is 23.8 Å². The minimum Gasteiger partial charge on any atom is -0.487 e. The fraction of sp³-hybridized carbons (Fsp3) is 0.417. The molecule has 19 heavy (non-hydrogen) atoms. The summed E-state index contributed by atoms with van der Waals surface area (Å²) in [6, 6.07) is 3.83. The topological polar surface area (TPSA) is 89.9 Å². The molecule has 1 atom stereocenters. The predicted molar refractivity (Wildman–Crippen MR) is 66.4 cm³/mol. The number of sulfone groups is 1. The third-order valence-corrected chi connectivity index (χ3v) is 3.90. The average Bonchev–Trinajstić information content (AvgIpc) is 2.80. The van der Waals surface area contributed by atoms with Crippen molar-refractivity contribution in [1.29, 1.82) is 0 Å². The van der Waals surface area contributed by atoms with Crippen LogP contribution in [0.2, 0.25) is 0 Å². The summed E-state index contributed by atoms with van der Waals surface area (Å²) in [6.45, 7) is 0.987. The number of carbonyl (C=O) groups is 1. The summed E-state index contributed by atoms with van der Waals surface area (Å²) in [7, 11) is -3.45. The standard InChI is InChI=1S/C12H14O6S/c1-19(15,16)9-2-3-11(10(6-9)12(13)14)18-8-4-5-17-7-8/h2-3,6,8H,4-5,7H2,1H3,(H,13,14)/t8-/m1/s1. The van der Waals surface area contributed by atoms with Crippen molar-refractivity contribution < 1.29 is 27.8 Å². The second kappa shape index (κ2) is 5.18. The highest BCUT2D eigenvalue weighted by atomic mass is 32.2. The highest BCUT2D eigenvalue weighted by Gasteiger charge is 2.22. The molecule has 0 aromatic heterocycles. The molecule has 1 aromatic rings. The number of rotatable bonds is 4. The minimum atomic E-state index is -3.45. The van der Waals surface area contributed by atoms with Crippen LogP contribution in [0.3, 0.4) is 0 Å². The van der Waals surface area contributed by atoms with E-state index < -0.39 is 15.8 Å². The molecule has 1 heterocycles. The second-order valence-corrected chi connectivity index (χ2v) is 6.35. The number of ether oxygens (including phenoxy) is 2. The third-order valence-electron chi connectivity index (χ3n) is 2.79. The Hall–Kier alpha value is -1.60. The molecule has 1 aromatic carbocycles. The van der Waals surface area contributed by atoms with Crippen LogP contribution in [0.5, 0.6) is 5.75 Å². The summed E-state index contributed by atoms with van der Waals surface area (Å²) in [5.41, 5.74) is -0.158. The Balaban J connectivity index is 2.35. The van der Waals surface area contributed by atoms with Gasteiger partial charge in [0.2, 0.25) is 0 Å². The number of hydrogen-bond acceptors (Lipinski definition) is 5. The van der Waals surface area contributed by atoms with Gasteiger partial charge in [-0.25, -0.2) is 13.2 Å². The number of aromatic carboxylic acids is 1. The lowest BCUT2D eigenvalue weighted by Crippen LogP contribution is -2.17. The summed E-state index contributed by atoms with van der Waals surface area (Å²) in [4.78, 5) is 11.1. The van der Waals surface area contributed by atoms with Gasteiger partial charge in [0.1, 0.15) is 17.4 Å². The first-order valence-corrected chi connectivity index (χ1v) is 7.59. The predicted octanol–water partition coefficient (Wildman–Crippen LogP) is 0.956. The van der Waals surface area contributed by atoms with E-state index in [0.717, 1.165) is 12.3 Å². The first-order chi connectivity index (χ1) is 8.88. The molecular formula is C12H14O6S. The molecule has 0 amide bonds. The van der Waals surface area contributed by atoms with E-state index >= 15 is 0 Å². The molecule has 6 nitrogen and oxygen atoms in total. The van der Waals surface area contributed by atoms with Crippen LogP contribution < -0.4 is 4.74 Å². The molecule has 104 valence electrons. The van der Waals surface area contributed by atoms with Gasteiger partial charge in [-0.3, -0.25) is 0 Å². The van der Waals surface area contributed by atoms with Gasteiger partial charge >= 0.3 is 5.97 Å². The number of carboxylic acid groups (broad SMARTS) is 1. The van der Waals surface area contributed by atoms with Gasteiger partial charge in [0, 0.05) is 12.7 Å². The summed E-state index contributed by atoms with van der Waals surface area (Å²) in [5.74, 6) is -1.06. The van der Waals surface area contributed by atoms with Crippen LogP contribution in [0.1, 0.15) is 16.8 Å². The zero-order chi connectivity index (χ0) is 14.0. The lowest BCUT2D eigenvalue weighted by atomic mass is 10.2. The molecule has 1 fully saturated rings. The molecule has 0 radical (unpaired) electrons. The fourth-order valence-corrected chi connectivity index (χ4v) is 2.44. The monoisotopic (exact) mass is 286 g/mol. The quantitative estimate of drug-likeness (QED) is 0.886. The zero-order valence-corrected chi connectivity index (χ0v) is 11.1. The van der Waals surface area contributed by atoms with Crippen LogP contribution in [0.4, 0.5) is 0 Å². The van der Waals surface area contributed by atoms with Crippen molar-refractivity contribution in [2.75, 3.05) is 19.5 Å². The van der Waals surface area contributed by atoms with Gasteiger partial charge < -0.3 is 14.6 Å². The first-order valence-electron chi connectivity index (χ1n) is 5.70. The Morgan fingerprint density at radius 2 is 2.21 bits per heavy atom. The van der Waals surface area contributed by atoms with Gasteiger partial charge in [-0.05, 0) is 18.2 Å². The lowest BCUT2D eigenvalue weighted by molar-refractivity contribution is 0.0687. The summed E-state index contributed by atoms with van der Waals surface area (Å²) in [6.07, 6.45) is 1.52. The van der Waals surface area contributed by atoms with Crippen molar-refractivity contribution in [2.45, 2.75) is 17.4 Å². The summed E-state index contributed by atoms with van der Waals surface area (Å²) in [5, 5.41) is 9.12. The summed E-state index contributed by atoms with van der Waals surface area (Å²) < 4.78 is 33.5. The van der Waals surface area contributed by atoms with Crippen molar-refractivity contribution in [1.82, 2.24) is 0 Å². The molecule has 1 N–H and O–H groups in total. The van der Waals surface area contributed by atoms with Crippen molar-refractivity contribution in [3.8, 4) is 5.75 Å². The van der Waals surface area contributed by atoms with Gasteiger partial charge in [-0.15, -0.1) is 0 Å². The van der Waals surface area contributed by atoms with Crippen LogP contribution in [0, 0.1) is 0 Å². The molecule has 0 aliphatic carbocycles. The molecule has 1 aliphatic rings. The van der Waals surface area contributed by atoms with E-state index in [1.807, 2.05) is 0 Å². The first kappa shape index (κ1) is 13.8. The van der Waals surface area contributed by atoms with Crippen molar-refractivity contribution >= 4 is 15.8 Å². The minimum absolute atomic E-state index is 0.0417.